The number of carbonyl (C=O) groups excluding carboxylic acids is 1. The third-order valence-electron chi connectivity index (χ3n) is 3.58. The van der Waals surface area contributed by atoms with E-state index in [0.717, 1.165) is 11.1 Å². The first-order valence-electron chi connectivity index (χ1n) is 7.66. The Morgan fingerprint density at radius 3 is 2.56 bits per heavy atom. The number of nitrogens with one attached hydrogen (secondary N) is 1. The quantitative estimate of drug-likeness (QED) is 0.746. The van der Waals surface area contributed by atoms with Crippen LogP contribution in [0, 0.1) is 5.82 Å². The van der Waals surface area contributed by atoms with E-state index in [9.17, 15) is 9.18 Å². The van der Waals surface area contributed by atoms with Gasteiger partial charge in [-0.3, -0.25) is 4.79 Å². The summed E-state index contributed by atoms with van der Waals surface area (Å²) in [4.78, 5) is 16.1. The summed E-state index contributed by atoms with van der Waals surface area (Å²) in [6.45, 7) is 0.380. The van der Waals surface area contributed by atoms with Crippen LogP contribution in [0.15, 0.2) is 53.1 Å². The Balaban J connectivity index is 1.57. The molecule has 0 saturated heterocycles. The minimum absolute atomic E-state index is 0.107. The Morgan fingerprint density at radius 2 is 1.88 bits per heavy atom. The Hall–Kier alpha value is -3.22. The summed E-state index contributed by atoms with van der Waals surface area (Å²) in [7, 11) is 1.58. The number of hydrogen-bond acceptors (Lipinski definition) is 5. The van der Waals surface area contributed by atoms with E-state index in [4.69, 9.17) is 9.26 Å². The Labute approximate surface area is 143 Å². The molecule has 0 spiro atoms. The summed E-state index contributed by atoms with van der Waals surface area (Å²) in [5, 5.41) is 6.51. The largest absolute Gasteiger partial charge is 0.497 e. The molecule has 1 N–H and O–H groups in total. The molecule has 0 bridgehead atoms. The van der Waals surface area contributed by atoms with Crippen molar-refractivity contribution in [3.8, 4) is 17.1 Å². The zero-order chi connectivity index (χ0) is 17.6. The summed E-state index contributed by atoms with van der Waals surface area (Å²) < 4.78 is 22.9. The predicted octanol–water partition coefficient (Wildman–Crippen LogP) is 2.86. The molecule has 7 heteroatoms. The summed E-state index contributed by atoms with van der Waals surface area (Å²) in [6, 6.07) is 13.2. The van der Waals surface area contributed by atoms with Gasteiger partial charge in [0, 0.05) is 12.1 Å². The van der Waals surface area contributed by atoms with E-state index in [1.54, 1.807) is 43.5 Å². The van der Waals surface area contributed by atoms with E-state index < -0.39 is 5.91 Å². The molecule has 2 aromatic carbocycles. The van der Waals surface area contributed by atoms with Gasteiger partial charge in [0.2, 0.25) is 5.82 Å². The first kappa shape index (κ1) is 16.6. The molecule has 3 aromatic rings. The summed E-state index contributed by atoms with van der Waals surface area (Å²) in [5.74, 6) is 0.196. The van der Waals surface area contributed by atoms with Gasteiger partial charge in [-0.2, -0.15) is 4.98 Å². The lowest BCUT2D eigenvalue weighted by Crippen LogP contribution is -2.26. The zero-order valence-electron chi connectivity index (χ0n) is 13.5. The van der Waals surface area contributed by atoms with Crippen LogP contribution >= 0.6 is 0 Å². The SMILES string of the molecule is COc1ccc(-c2noc(C(=O)NCCc3ccc(F)cc3)n2)cc1. The van der Waals surface area contributed by atoms with Gasteiger partial charge in [-0.25, -0.2) is 4.39 Å². The van der Waals surface area contributed by atoms with Crippen molar-refractivity contribution in [2.75, 3.05) is 13.7 Å². The van der Waals surface area contributed by atoms with E-state index in [1.165, 1.54) is 12.1 Å². The number of carbonyl (C=O) groups is 1. The summed E-state index contributed by atoms with van der Waals surface area (Å²) >= 11 is 0. The van der Waals surface area contributed by atoms with Crippen LogP contribution in [0.3, 0.4) is 0 Å². The molecule has 128 valence electrons. The lowest BCUT2D eigenvalue weighted by molar-refractivity contribution is 0.0910. The highest BCUT2D eigenvalue weighted by atomic mass is 19.1. The first-order chi connectivity index (χ1) is 12.2. The molecule has 3 rings (SSSR count). The monoisotopic (exact) mass is 341 g/mol. The second-order valence-corrected chi connectivity index (χ2v) is 5.28. The van der Waals surface area contributed by atoms with Gasteiger partial charge in [0.1, 0.15) is 11.6 Å². The molecule has 0 aliphatic heterocycles. The number of halogens is 1. The predicted molar refractivity (Wildman–Crippen MR) is 88.7 cm³/mol. The van der Waals surface area contributed by atoms with Crippen molar-refractivity contribution in [2.24, 2.45) is 0 Å². The Kier molecular flexibility index (Phi) is 5.03. The van der Waals surface area contributed by atoms with Gasteiger partial charge < -0.3 is 14.6 Å². The fourth-order valence-corrected chi connectivity index (χ4v) is 2.22. The number of ether oxygens (including phenoxy) is 1. The van der Waals surface area contributed by atoms with Gasteiger partial charge in [0.05, 0.1) is 7.11 Å². The highest BCUT2D eigenvalue weighted by molar-refractivity contribution is 5.89. The van der Waals surface area contributed by atoms with Crippen LogP contribution < -0.4 is 10.1 Å². The summed E-state index contributed by atoms with van der Waals surface area (Å²) in [6.07, 6.45) is 0.575. The molecule has 1 aromatic heterocycles. The fraction of sp³-hybridized carbons (Fsp3) is 0.167. The van der Waals surface area contributed by atoms with Gasteiger partial charge in [0.25, 0.3) is 0 Å². The van der Waals surface area contributed by atoms with Crippen molar-refractivity contribution in [3.05, 3.63) is 65.8 Å². The molecule has 25 heavy (non-hydrogen) atoms. The maximum absolute atomic E-state index is 12.8. The zero-order valence-corrected chi connectivity index (χ0v) is 13.5. The lowest BCUT2D eigenvalue weighted by Gasteiger charge is -2.02. The first-order valence-corrected chi connectivity index (χ1v) is 7.66. The standard InChI is InChI=1S/C18H16FN3O3/c1-24-15-8-4-13(5-9-15)16-21-18(25-22-16)17(23)20-11-10-12-2-6-14(19)7-3-12/h2-9H,10-11H2,1H3,(H,20,23). The van der Waals surface area contributed by atoms with Crippen molar-refractivity contribution >= 4 is 5.91 Å². The smallest absolute Gasteiger partial charge is 0.316 e. The molecule has 6 nitrogen and oxygen atoms in total. The molecule has 1 heterocycles. The van der Waals surface area contributed by atoms with Gasteiger partial charge >= 0.3 is 11.8 Å². The number of benzene rings is 2. The molecule has 0 fully saturated rings. The molecule has 0 atom stereocenters. The number of hydrogen-bond donors (Lipinski definition) is 1. The average molecular weight is 341 g/mol. The van der Waals surface area contributed by atoms with Gasteiger partial charge in [-0.15, -0.1) is 0 Å². The van der Waals surface area contributed by atoms with Crippen LogP contribution in [-0.2, 0) is 6.42 Å². The normalized spacial score (nSPS) is 10.5. The van der Waals surface area contributed by atoms with E-state index in [1.807, 2.05) is 0 Å². The van der Waals surface area contributed by atoms with E-state index >= 15 is 0 Å². The molecular formula is C18H16FN3O3. The minimum Gasteiger partial charge on any atom is -0.497 e. The second kappa shape index (κ2) is 7.57. The topological polar surface area (TPSA) is 77.2 Å². The van der Waals surface area contributed by atoms with Gasteiger partial charge in [0.15, 0.2) is 0 Å². The molecule has 0 aliphatic carbocycles. The van der Waals surface area contributed by atoms with E-state index in [-0.39, 0.29) is 11.7 Å². The number of nitrogens with zero attached hydrogens (tertiary/aromatic N) is 2. The Morgan fingerprint density at radius 1 is 1.16 bits per heavy atom. The minimum atomic E-state index is -0.450. The van der Waals surface area contributed by atoms with Crippen LogP contribution in [0.5, 0.6) is 5.75 Å². The number of aromatic nitrogens is 2. The van der Waals surface area contributed by atoms with Crippen LogP contribution in [0.2, 0.25) is 0 Å². The van der Waals surface area contributed by atoms with Crippen molar-refractivity contribution in [1.82, 2.24) is 15.5 Å². The maximum Gasteiger partial charge on any atom is 0.316 e. The second-order valence-electron chi connectivity index (χ2n) is 5.28. The van der Waals surface area contributed by atoms with E-state index in [2.05, 4.69) is 15.5 Å². The molecular weight excluding hydrogens is 325 g/mol. The Bertz CT molecular complexity index is 845. The molecule has 0 radical (unpaired) electrons. The highest BCUT2D eigenvalue weighted by Gasteiger charge is 2.15. The molecule has 0 aliphatic rings. The van der Waals surface area contributed by atoms with Crippen molar-refractivity contribution in [1.29, 1.82) is 0 Å². The third kappa shape index (κ3) is 4.20. The van der Waals surface area contributed by atoms with Gasteiger partial charge in [-0.1, -0.05) is 17.3 Å². The molecule has 0 saturated carbocycles. The molecule has 1 amide bonds. The molecule has 0 unspecified atom stereocenters. The number of amides is 1. The van der Waals surface area contributed by atoms with Crippen LogP contribution in [-0.4, -0.2) is 29.7 Å². The van der Waals surface area contributed by atoms with Crippen molar-refractivity contribution < 1.29 is 18.4 Å². The average Bonchev–Trinajstić information content (AvgIpc) is 3.13. The van der Waals surface area contributed by atoms with Crippen LogP contribution in [0.4, 0.5) is 4.39 Å². The van der Waals surface area contributed by atoms with Crippen LogP contribution in [0.1, 0.15) is 16.2 Å². The third-order valence-corrected chi connectivity index (χ3v) is 3.58. The van der Waals surface area contributed by atoms with Crippen LogP contribution in [0.25, 0.3) is 11.4 Å². The number of methoxy groups -OCH3 is 1. The fourth-order valence-electron chi connectivity index (χ4n) is 2.22. The van der Waals surface area contributed by atoms with Gasteiger partial charge in [-0.05, 0) is 48.4 Å². The van der Waals surface area contributed by atoms with Crippen molar-refractivity contribution in [3.63, 3.8) is 0 Å². The van der Waals surface area contributed by atoms with E-state index in [0.29, 0.717) is 24.5 Å². The van der Waals surface area contributed by atoms with Crippen molar-refractivity contribution in [2.45, 2.75) is 6.42 Å². The lowest BCUT2D eigenvalue weighted by atomic mass is 10.1. The number of rotatable bonds is 6. The maximum atomic E-state index is 12.8. The summed E-state index contributed by atoms with van der Waals surface area (Å²) in [5.41, 5.74) is 1.64. The highest BCUT2D eigenvalue weighted by Crippen LogP contribution is 2.19.